The van der Waals surface area contributed by atoms with E-state index in [4.69, 9.17) is 4.74 Å². The molecule has 1 fully saturated rings. The van der Waals surface area contributed by atoms with Crippen molar-refractivity contribution in [1.29, 1.82) is 0 Å². The van der Waals surface area contributed by atoms with Gasteiger partial charge in [-0.05, 0) is 74.3 Å². The fraction of sp³-hybridized carbons (Fsp3) is 0.429. The van der Waals surface area contributed by atoms with E-state index in [9.17, 15) is 9.59 Å². The largest absolute Gasteiger partial charge is 0.460 e. The summed E-state index contributed by atoms with van der Waals surface area (Å²) in [5.41, 5.74) is 7.79. The Morgan fingerprint density at radius 2 is 1.34 bits per heavy atom. The van der Waals surface area contributed by atoms with Crippen LogP contribution in [0.4, 0.5) is 0 Å². The third-order valence-corrected chi connectivity index (χ3v) is 6.27. The molecular weight excluding hydrogens is 398 g/mol. The van der Waals surface area contributed by atoms with Crippen molar-refractivity contribution >= 4 is 17.4 Å². The Kier molecular flexibility index (Phi) is 6.50. The third-order valence-electron chi connectivity index (χ3n) is 6.27. The van der Waals surface area contributed by atoms with Crippen LogP contribution in [-0.4, -0.2) is 35.5 Å². The topological polar surface area (TPSA) is 46.6 Å². The predicted octanol–water partition coefficient (Wildman–Crippen LogP) is 5.33. The third kappa shape index (κ3) is 5.12. The van der Waals surface area contributed by atoms with Gasteiger partial charge in [-0.2, -0.15) is 0 Å². The average Bonchev–Trinajstić information content (AvgIpc) is 2.93. The van der Waals surface area contributed by atoms with Crippen LogP contribution in [0.1, 0.15) is 68.7 Å². The van der Waals surface area contributed by atoms with Gasteiger partial charge in [0, 0.05) is 19.5 Å². The van der Waals surface area contributed by atoms with Crippen LogP contribution in [0.5, 0.6) is 0 Å². The maximum atomic E-state index is 12.7. The zero-order valence-corrected chi connectivity index (χ0v) is 19.4. The van der Waals surface area contributed by atoms with E-state index in [1.54, 1.807) is 0 Å². The number of hydrogen-bond acceptors (Lipinski definition) is 3. The first-order valence-corrected chi connectivity index (χ1v) is 11.7. The highest BCUT2D eigenvalue weighted by atomic mass is 16.6. The molecule has 1 saturated heterocycles. The van der Waals surface area contributed by atoms with E-state index < -0.39 is 5.60 Å². The number of hydrogen-bond donors (Lipinski definition) is 0. The summed E-state index contributed by atoms with van der Waals surface area (Å²) >= 11 is 0. The number of nitrogens with zero attached hydrogens (tertiary/aromatic N) is 1. The number of carbonyl (C=O) groups excluding carboxylic acids is 2. The molecule has 1 aliphatic heterocycles. The summed E-state index contributed by atoms with van der Waals surface area (Å²) in [4.78, 5) is 26.6. The quantitative estimate of drug-likeness (QED) is 0.617. The zero-order chi connectivity index (χ0) is 22.7. The molecule has 1 aliphatic carbocycles. The van der Waals surface area contributed by atoms with Gasteiger partial charge < -0.3 is 9.64 Å². The molecule has 0 radical (unpaired) electrons. The molecule has 168 valence electrons. The molecule has 2 aromatic carbocycles. The van der Waals surface area contributed by atoms with Crippen LogP contribution >= 0.6 is 0 Å². The molecule has 4 rings (SSSR count). The van der Waals surface area contributed by atoms with E-state index in [0.717, 1.165) is 25.7 Å². The maximum Gasteiger partial charge on any atom is 0.306 e. The van der Waals surface area contributed by atoms with E-state index in [0.29, 0.717) is 13.1 Å². The lowest BCUT2D eigenvalue weighted by molar-refractivity contribution is -0.156. The Bertz CT molecular complexity index is 985. The van der Waals surface area contributed by atoms with Gasteiger partial charge in [0.2, 0.25) is 5.91 Å². The molecule has 0 unspecified atom stereocenters. The molecule has 2 aromatic rings. The van der Waals surface area contributed by atoms with Crippen molar-refractivity contribution in [2.75, 3.05) is 13.1 Å². The smallest absolute Gasteiger partial charge is 0.306 e. The van der Waals surface area contributed by atoms with Gasteiger partial charge in [-0.15, -0.1) is 0 Å². The Hall–Kier alpha value is -2.88. The van der Waals surface area contributed by atoms with Gasteiger partial charge in [-0.25, -0.2) is 0 Å². The monoisotopic (exact) mass is 431 g/mol. The minimum absolute atomic E-state index is 0.0431. The molecule has 0 aromatic heterocycles. The van der Waals surface area contributed by atoms with Crippen molar-refractivity contribution in [3.63, 3.8) is 0 Å². The van der Waals surface area contributed by atoms with Gasteiger partial charge in [0.15, 0.2) is 0 Å². The second-order valence-corrected chi connectivity index (χ2v) is 9.76. The summed E-state index contributed by atoms with van der Waals surface area (Å²) in [6.07, 6.45) is 4.21. The standard InChI is InChI=1S/C28H33NO3/c1-28(2,3)32-26(31)15-14-25(30)29-18-16-22(17-19-29)27-23-10-6-4-8-20(23)12-13-21-9-5-7-11-24(21)27/h4-11H,12-19H2,1-3H3. The van der Waals surface area contributed by atoms with E-state index in [2.05, 4.69) is 48.5 Å². The van der Waals surface area contributed by atoms with Crippen molar-refractivity contribution in [3.8, 4) is 0 Å². The van der Waals surface area contributed by atoms with Gasteiger partial charge in [0.1, 0.15) is 5.60 Å². The first-order chi connectivity index (χ1) is 15.3. The number of rotatable bonds is 3. The van der Waals surface area contributed by atoms with Crippen molar-refractivity contribution in [2.24, 2.45) is 0 Å². The van der Waals surface area contributed by atoms with Gasteiger partial charge in [0.25, 0.3) is 0 Å². The highest BCUT2D eigenvalue weighted by Gasteiger charge is 2.26. The summed E-state index contributed by atoms with van der Waals surface area (Å²) in [7, 11) is 0. The molecule has 0 spiro atoms. The molecule has 2 aliphatic rings. The lowest BCUT2D eigenvalue weighted by Crippen LogP contribution is -2.37. The minimum Gasteiger partial charge on any atom is -0.460 e. The summed E-state index contributed by atoms with van der Waals surface area (Å²) in [6, 6.07) is 17.5. The van der Waals surface area contributed by atoms with Crippen LogP contribution < -0.4 is 0 Å². The van der Waals surface area contributed by atoms with Crippen molar-refractivity contribution in [2.45, 2.75) is 64.9 Å². The van der Waals surface area contributed by atoms with E-state index in [1.807, 2.05) is 25.7 Å². The Morgan fingerprint density at radius 3 is 1.88 bits per heavy atom. The molecule has 32 heavy (non-hydrogen) atoms. The van der Waals surface area contributed by atoms with E-state index in [1.165, 1.54) is 33.4 Å². The van der Waals surface area contributed by atoms with Crippen molar-refractivity contribution in [3.05, 3.63) is 76.4 Å². The average molecular weight is 432 g/mol. The number of carbonyl (C=O) groups is 2. The van der Waals surface area contributed by atoms with Crippen molar-refractivity contribution in [1.82, 2.24) is 4.90 Å². The SMILES string of the molecule is CC(C)(C)OC(=O)CCC(=O)N1CCC(=C2c3ccccc3CCc3ccccc32)CC1. The molecule has 4 heteroatoms. The molecule has 1 amide bonds. The first-order valence-electron chi connectivity index (χ1n) is 11.7. The van der Waals surface area contributed by atoms with Crippen LogP contribution in [0.3, 0.4) is 0 Å². The molecule has 0 atom stereocenters. The lowest BCUT2D eigenvalue weighted by Gasteiger charge is -2.31. The molecule has 4 nitrogen and oxygen atoms in total. The van der Waals surface area contributed by atoms with Crippen LogP contribution in [0.2, 0.25) is 0 Å². The Labute approximate surface area is 191 Å². The molecule has 0 saturated carbocycles. The van der Waals surface area contributed by atoms with E-state index >= 15 is 0 Å². The number of likely N-dealkylation sites (tertiary alicyclic amines) is 1. The zero-order valence-electron chi connectivity index (χ0n) is 19.4. The molecule has 0 N–H and O–H groups in total. The predicted molar refractivity (Wildman–Crippen MR) is 127 cm³/mol. The number of amides is 1. The van der Waals surface area contributed by atoms with Crippen molar-refractivity contribution < 1.29 is 14.3 Å². The highest BCUT2D eigenvalue weighted by Crippen LogP contribution is 2.38. The highest BCUT2D eigenvalue weighted by molar-refractivity contribution is 5.86. The summed E-state index contributed by atoms with van der Waals surface area (Å²) in [5, 5.41) is 0. The molecular formula is C28H33NO3. The maximum absolute atomic E-state index is 12.7. The number of benzene rings is 2. The fourth-order valence-corrected chi connectivity index (χ4v) is 4.80. The summed E-state index contributed by atoms with van der Waals surface area (Å²) in [6.45, 7) is 6.94. The van der Waals surface area contributed by atoms with Crippen LogP contribution in [0, 0.1) is 0 Å². The number of piperidine rings is 1. The molecule has 0 bridgehead atoms. The normalized spacial score (nSPS) is 16.2. The Morgan fingerprint density at radius 1 is 0.812 bits per heavy atom. The molecule has 1 heterocycles. The van der Waals surface area contributed by atoms with Crippen LogP contribution in [0.25, 0.3) is 5.57 Å². The lowest BCUT2D eigenvalue weighted by atomic mass is 9.86. The number of esters is 1. The van der Waals surface area contributed by atoms with E-state index in [-0.39, 0.29) is 24.7 Å². The van der Waals surface area contributed by atoms with Gasteiger partial charge in [-0.3, -0.25) is 9.59 Å². The number of ether oxygens (including phenoxy) is 1. The van der Waals surface area contributed by atoms with Gasteiger partial charge in [0.05, 0.1) is 6.42 Å². The fourth-order valence-electron chi connectivity index (χ4n) is 4.80. The summed E-state index contributed by atoms with van der Waals surface area (Å²) in [5.74, 6) is -0.265. The number of aryl methyl sites for hydroxylation is 2. The van der Waals surface area contributed by atoms with Crippen LogP contribution in [-0.2, 0) is 27.2 Å². The number of fused-ring (bicyclic) bond motifs is 2. The second kappa shape index (κ2) is 9.32. The second-order valence-electron chi connectivity index (χ2n) is 9.76. The van der Waals surface area contributed by atoms with Crippen LogP contribution in [0.15, 0.2) is 54.1 Å². The van der Waals surface area contributed by atoms with Gasteiger partial charge in [-0.1, -0.05) is 54.1 Å². The first kappa shape index (κ1) is 22.3. The van der Waals surface area contributed by atoms with Gasteiger partial charge >= 0.3 is 5.97 Å². The Balaban J connectivity index is 1.49. The minimum atomic E-state index is -0.516. The summed E-state index contributed by atoms with van der Waals surface area (Å²) < 4.78 is 5.33.